The molecule has 2 heterocycles. The molecule has 6 nitrogen and oxygen atoms in total. The summed E-state index contributed by atoms with van der Waals surface area (Å²) in [5.74, 6) is 0.138. The third kappa shape index (κ3) is 4.66. The molecule has 0 aliphatic heterocycles. The fourth-order valence-corrected chi connectivity index (χ4v) is 3.19. The van der Waals surface area contributed by atoms with Gasteiger partial charge >= 0.3 is 6.18 Å². The molecule has 0 aliphatic rings. The largest absolute Gasteiger partial charge is 0.433 e. The van der Waals surface area contributed by atoms with Crippen LogP contribution in [0.1, 0.15) is 34.6 Å². The number of aromatic nitrogens is 3. The third-order valence-electron chi connectivity index (χ3n) is 4.86. The maximum atomic E-state index is 12.7. The van der Waals surface area contributed by atoms with Crippen LogP contribution in [0, 0.1) is 0 Å². The van der Waals surface area contributed by atoms with Crippen molar-refractivity contribution in [3.05, 3.63) is 90.0 Å². The summed E-state index contributed by atoms with van der Waals surface area (Å²) >= 11 is 0. The molecule has 0 spiro atoms. The third-order valence-corrected chi connectivity index (χ3v) is 4.86. The van der Waals surface area contributed by atoms with Crippen LogP contribution >= 0.6 is 0 Å². The average Bonchev–Trinajstić information content (AvgIpc) is 2.79. The molecule has 2 aromatic carbocycles. The van der Waals surface area contributed by atoms with E-state index in [2.05, 4.69) is 25.6 Å². The molecule has 0 fully saturated rings. The van der Waals surface area contributed by atoms with Crippen LogP contribution in [0.15, 0.2) is 73.2 Å². The highest BCUT2D eigenvalue weighted by Gasteiger charge is 2.32. The second-order valence-electron chi connectivity index (χ2n) is 7.11. The molecule has 9 heteroatoms. The predicted molar refractivity (Wildman–Crippen MR) is 115 cm³/mol. The molecular formula is C23H18F3N5O. The van der Waals surface area contributed by atoms with Gasteiger partial charge in [0.2, 0.25) is 0 Å². The molecule has 0 bridgehead atoms. The van der Waals surface area contributed by atoms with Crippen molar-refractivity contribution in [1.29, 1.82) is 0 Å². The topological polar surface area (TPSA) is 79.8 Å². The van der Waals surface area contributed by atoms with Gasteiger partial charge in [-0.1, -0.05) is 24.3 Å². The second-order valence-corrected chi connectivity index (χ2v) is 7.11. The van der Waals surface area contributed by atoms with Gasteiger partial charge in [-0.2, -0.15) is 13.2 Å². The average molecular weight is 437 g/mol. The Hall–Kier alpha value is -4.01. The number of alkyl halides is 3. The number of rotatable bonds is 5. The molecule has 4 rings (SSSR count). The van der Waals surface area contributed by atoms with Crippen molar-refractivity contribution in [3.8, 4) is 0 Å². The summed E-state index contributed by atoms with van der Waals surface area (Å²) in [4.78, 5) is 24.3. The number of hydrogen-bond donors (Lipinski definition) is 2. The Labute approximate surface area is 181 Å². The van der Waals surface area contributed by atoms with Crippen LogP contribution in [0.4, 0.5) is 24.7 Å². The van der Waals surface area contributed by atoms with E-state index in [1.54, 1.807) is 18.2 Å². The first-order chi connectivity index (χ1) is 15.3. The van der Waals surface area contributed by atoms with Gasteiger partial charge < -0.3 is 10.6 Å². The number of amides is 1. The minimum Gasteiger partial charge on any atom is -0.363 e. The minimum atomic E-state index is -4.55. The molecule has 0 saturated carbocycles. The molecule has 1 amide bonds. The Morgan fingerprint density at radius 3 is 2.53 bits per heavy atom. The number of pyridine rings is 1. The van der Waals surface area contributed by atoms with E-state index in [9.17, 15) is 18.0 Å². The van der Waals surface area contributed by atoms with Crippen LogP contribution in [-0.4, -0.2) is 20.9 Å². The number of halogens is 3. The molecular weight excluding hydrogens is 419 g/mol. The summed E-state index contributed by atoms with van der Waals surface area (Å²) < 4.78 is 38.0. The molecule has 162 valence electrons. The number of para-hydroxylation sites is 1. The fourth-order valence-electron chi connectivity index (χ4n) is 3.19. The van der Waals surface area contributed by atoms with Crippen molar-refractivity contribution in [3.63, 3.8) is 0 Å². The molecule has 4 aromatic rings. The summed E-state index contributed by atoms with van der Waals surface area (Å²) in [6, 6.07) is 16.6. The normalized spacial score (nSPS) is 12.4. The van der Waals surface area contributed by atoms with Crippen molar-refractivity contribution in [1.82, 2.24) is 15.0 Å². The van der Waals surface area contributed by atoms with Crippen molar-refractivity contribution >= 4 is 28.3 Å². The van der Waals surface area contributed by atoms with Gasteiger partial charge in [0.1, 0.15) is 17.8 Å². The van der Waals surface area contributed by atoms with E-state index in [0.29, 0.717) is 11.5 Å². The van der Waals surface area contributed by atoms with E-state index in [0.717, 1.165) is 34.8 Å². The first-order valence-corrected chi connectivity index (χ1v) is 9.72. The summed E-state index contributed by atoms with van der Waals surface area (Å²) in [5, 5.41) is 6.93. The molecule has 0 aliphatic carbocycles. The Bertz CT molecular complexity index is 1250. The number of carbonyl (C=O) groups excluding carboxylic acids is 1. The molecule has 1 unspecified atom stereocenters. The molecule has 2 N–H and O–H groups in total. The van der Waals surface area contributed by atoms with Gasteiger partial charge in [-0.05, 0) is 48.9 Å². The van der Waals surface area contributed by atoms with E-state index in [4.69, 9.17) is 0 Å². The number of carbonyl (C=O) groups is 1. The highest BCUT2D eigenvalue weighted by molar-refractivity contribution is 6.04. The maximum Gasteiger partial charge on any atom is 0.433 e. The van der Waals surface area contributed by atoms with E-state index in [1.165, 1.54) is 6.33 Å². The highest BCUT2D eigenvalue weighted by atomic mass is 19.4. The zero-order valence-corrected chi connectivity index (χ0v) is 16.9. The van der Waals surface area contributed by atoms with Gasteiger partial charge in [-0.25, -0.2) is 9.97 Å². The molecule has 32 heavy (non-hydrogen) atoms. The summed E-state index contributed by atoms with van der Waals surface area (Å²) in [5.41, 5.74) is 1.20. The van der Waals surface area contributed by atoms with Crippen LogP contribution < -0.4 is 10.6 Å². The Morgan fingerprint density at radius 2 is 1.78 bits per heavy atom. The summed E-state index contributed by atoms with van der Waals surface area (Å²) in [6.45, 7) is 1.96. The predicted octanol–water partition coefficient (Wildman–Crippen LogP) is 5.47. The molecule has 0 radical (unpaired) electrons. The number of nitrogens with one attached hydrogen (secondary N) is 2. The standard InChI is InChI=1S/C23H18F3N5O/c1-14(30-21-18-7-2-3-8-19(18)28-13-29-21)15-5-4-6-17(11-15)31-22(32)16-9-10-20(27-12-16)23(24,25)26/h2-14H,1H3,(H,31,32)(H,28,29,30). The fraction of sp³-hybridized carbons (Fsp3) is 0.130. The Balaban J connectivity index is 1.49. The van der Waals surface area contributed by atoms with Crippen molar-refractivity contribution in [2.24, 2.45) is 0 Å². The van der Waals surface area contributed by atoms with Crippen LogP contribution in [0.25, 0.3) is 10.9 Å². The van der Waals surface area contributed by atoms with Crippen LogP contribution in [-0.2, 0) is 6.18 Å². The van der Waals surface area contributed by atoms with E-state index in [1.807, 2.05) is 37.3 Å². The lowest BCUT2D eigenvalue weighted by Gasteiger charge is -2.17. The minimum absolute atomic E-state index is 0.0297. The van der Waals surface area contributed by atoms with Crippen LogP contribution in [0.2, 0.25) is 0 Å². The first-order valence-electron chi connectivity index (χ1n) is 9.72. The Kier molecular flexibility index (Phi) is 5.72. The lowest BCUT2D eigenvalue weighted by molar-refractivity contribution is -0.141. The van der Waals surface area contributed by atoms with Crippen molar-refractivity contribution < 1.29 is 18.0 Å². The zero-order valence-electron chi connectivity index (χ0n) is 16.9. The highest BCUT2D eigenvalue weighted by Crippen LogP contribution is 2.28. The summed E-state index contributed by atoms with van der Waals surface area (Å²) in [6.07, 6.45) is -2.15. The van der Waals surface area contributed by atoms with E-state index in [-0.39, 0.29) is 11.6 Å². The van der Waals surface area contributed by atoms with Gasteiger partial charge in [0.05, 0.1) is 17.1 Å². The smallest absolute Gasteiger partial charge is 0.363 e. The number of hydrogen-bond acceptors (Lipinski definition) is 5. The van der Waals surface area contributed by atoms with Crippen LogP contribution in [0.5, 0.6) is 0 Å². The van der Waals surface area contributed by atoms with Gasteiger partial charge in [0.15, 0.2) is 0 Å². The van der Waals surface area contributed by atoms with Crippen molar-refractivity contribution in [2.75, 3.05) is 10.6 Å². The van der Waals surface area contributed by atoms with Crippen molar-refractivity contribution in [2.45, 2.75) is 19.1 Å². The van der Waals surface area contributed by atoms with E-state index < -0.39 is 17.8 Å². The number of anilines is 2. The first kappa shape index (κ1) is 21.2. The number of fused-ring (bicyclic) bond motifs is 1. The maximum absolute atomic E-state index is 12.7. The second kappa shape index (κ2) is 8.62. The molecule has 1 atom stereocenters. The van der Waals surface area contributed by atoms with Gasteiger partial charge in [-0.15, -0.1) is 0 Å². The monoisotopic (exact) mass is 437 g/mol. The van der Waals surface area contributed by atoms with Gasteiger partial charge in [0.25, 0.3) is 5.91 Å². The van der Waals surface area contributed by atoms with Gasteiger partial charge in [-0.3, -0.25) is 9.78 Å². The lowest BCUT2D eigenvalue weighted by Crippen LogP contribution is -2.15. The quantitative estimate of drug-likeness (QED) is 0.433. The zero-order chi connectivity index (χ0) is 22.7. The molecule has 0 saturated heterocycles. The Morgan fingerprint density at radius 1 is 0.969 bits per heavy atom. The lowest BCUT2D eigenvalue weighted by atomic mass is 10.1. The van der Waals surface area contributed by atoms with E-state index >= 15 is 0 Å². The molecule has 2 aromatic heterocycles. The summed E-state index contributed by atoms with van der Waals surface area (Å²) in [7, 11) is 0. The van der Waals surface area contributed by atoms with Crippen LogP contribution in [0.3, 0.4) is 0 Å². The number of benzene rings is 2. The SMILES string of the molecule is CC(Nc1ncnc2ccccc12)c1cccc(NC(=O)c2ccc(C(F)(F)F)nc2)c1. The number of nitrogens with zero attached hydrogens (tertiary/aromatic N) is 3. The van der Waals surface area contributed by atoms with Gasteiger partial charge in [0, 0.05) is 17.3 Å².